The number of carbonyl (C=O) groups is 2. The van der Waals surface area contributed by atoms with Gasteiger partial charge in [-0.1, -0.05) is 54.6 Å². The first kappa shape index (κ1) is 23.1. The van der Waals surface area contributed by atoms with E-state index in [1.54, 1.807) is 28.8 Å². The third kappa shape index (κ3) is 4.53. The van der Waals surface area contributed by atoms with E-state index in [4.69, 9.17) is 4.74 Å². The van der Waals surface area contributed by atoms with Crippen molar-refractivity contribution < 1.29 is 23.1 Å². The maximum Gasteiger partial charge on any atom is 0.355 e. The van der Waals surface area contributed by atoms with Gasteiger partial charge in [0.15, 0.2) is 6.29 Å². The average molecular weight is 459 g/mol. The molecule has 0 saturated carbocycles. The summed E-state index contributed by atoms with van der Waals surface area (Å²) in [5, 5.41) is 0. The van der Waals surface area contributed by atoms with E-state index in [1.165, 1.54) is 24.3 Å². The summed E-state index contributed by atoms with van der Waals surface area (Å²) in [7, 11) is 0. The highest BCUT2D eigenvalue weighted by atomic mass is 19.1. The number of hydrogen-bond acceptors (Lipinski definition) is 3. The molecule has 0 unspecified atom stereocenters. The van der Waals surface area contributed by atoms with E-state index in [9.17, 15) is 18.4 Å². The monoisotopic (exact) mass is 459 g/mol. The Morgan fingerprint density at radius 2 is 1.38 bits per heavy atom. The maximum absolute atomic E-state index is 13.7. The van der Waals surface area contributed by atoms with Crippen molar-refractivity contribution in [3.05, 3.63) is 107 Å². The van der Waals surface area contributed by atoms with E-state index in [-0.39, 0.29) is 24.0 Å². The van der Waals surface area contributed by atoms with Crippen molar-refractivity contribution >= 4 is 12.3 Å². The van der Waals surface area contributed by atoms with Gasteiger partial charge in [-0.05, 0) is 54.8 Å². The predicted molar refractivity (Wildman–Crippen MR) is 127 cm³/mol. The van der Waals surface area contributed by atoms with Crippen LogP contribution in [-0.2, 0) is 11.3 Å². The van der Waals surface area contributed by atoms with Gasteiger partial charge in [0.1, 0.15) is 23.9 Å². The minimum absolute atomic E-state index is 0.0497. The lowest BCUT2D eigenvalue weighted by Gasteiger charge is -2.15. The highest BCUT2D eigenvalue weighted by Crippen LogP contribution is 2.41. The number of benzene rings is 3. The van der Waals surface area contributed by atoms with Crippen LogP contribution in [0.2, 0.25) is 0 Å². The van der Waals surface area contributed by atoms with E-state index in [0.29, 0.717) is 28.5 Å². The zero-order chi connectivity index (χ0) is 24.2. The molecule has 0 N–H and O–H groups in total. The molecule has 0 radical (unpaired) electrons. The third-order valence-corrected chi connectivity index (χ3v) is 5.54. The lowest BCUT2D eigenvalue weighted by Crippen LogP contribution is -2.16. The number of aromatic nitrogens is 1. The van der Waals surface area contributed by atoms with Gasteiger partial charge in [-0.25, -0.2) is 13.6 Å². The standard InChI is InChI=1S/C28H23F2NO3/c1-18(2)31-24(16-32)25(20-8-12-22(29)13-9-20)26(21-10-14-23(30)15-11-21)27(31)28(33)34-17-19-6-4-3-5-7-19/h3-16,18H,17H2,1-2H3. The van der Waals surface area contributed by atoms with Crippen LogP contribution in [-0.4, -0.2) is 16.8 Å². The summed E-state index contributed by atoms with van der Waals surface area (Å²) in [5.41, 5.74) is 3.24. The van der Waals surface area contributed by atoms with Crippen molar-refractivity contribution in [1.82, 2.24) is 4.57 Å². The summed E-state index contributed by atoms with van der Waals surface area (Å²) in [6.07, 6.45) is 0.680. The predicted octanol–water partition coefficient (Wildman–Crippen LogP) is 6.85. The first-order valence-corrected chi connectivity index (χ1v) is 10.9. The lowest BCUT2D eigenvalue weighted by atomic mass is 9.95. The number of hydrogen-bond donors (Lipinski definition) is 0. The van der Waals surface area contributed by atoms with E-state index in [1.807, 2.05) is 44.2 Å². The molecule has 0 aliphatic carbocycles. The van der Waals surface area contributed by atoms with Gasteiger partial charge < -0.3 is 9.30 Å². The van der Waals surface area contributed by atoms with Crippen molar-refractivity contribution in [2.24, 2.45) is 0 Å². The van der Waals surface area contributed by atoms with Gasteiger partial charge in [0.25, 0.3) is 0 Å². The average Bonchev–Trinajstić information content (AvgIpc) is 3.20. The topological polar surface area (TPSA) is 48.3 Å². The molecule has 0 bridgehead atoms. The molecule has 0 fully saturated rings. The molecule has 0 atom stereocenters. The molecule has 172 valence electrons. The smallest absolute Gasteiger partial charge is 0.355 e. The van der Waals surface area contributed by atoms with Crippen LogP contribution in [0, 0.1) is 11.6 Å². The van der Waals surface area contributed by atoms with Crippen LogP contribution in [0.3, 0.4) is 0 Å². The van der Waals surface area contributed by atoms with Gasteiger partial charge in [0.2, 0.25) is 0 Å². The summed E-state index contributed by atoms with van der Waals surface area (Å²) < 4.78 is 34.7. The second-order valence-corrected chi connectivity index (χ2v) is 8.14. The largest absolute Gasteiger partial charge is 0.456 e. The van der Waals surface area contributed by atoms with E-state index < -0.39 is 17.6 Å². The fraction of sp³-hybridized carbons (Fsp3) is 0.143. The highest BCUT2D eigenvalue weighted by molar-refractivity contribution is 6.06. The van der Waals surface area contributed by atoms with Crippen LogP contribution in [0.5, 0.6) is 0 Å². The quantitative estimate of drug-likeness (QED) is 0.224. The molecule has 0 spiro atoms. The van der Waals surface area contributed by atoms with E-state index >= 15 is 0 Å². The Kier molecular flexibility index (Phi) is 6.68. The lowest BCUT2D eigenvalue weighted by molar-refractivity contribution is 0.0459. The van der Waals surface area contributed by atoms with Gasteiger partial charge in [0, 0.05) is 17.2 Å². The van der Waals surface area contributed by atoms with Gasteiger partial charge in [-0.15, -0.1) is 0 Å². The molecular formula is C28H23F2NO3. The number of esters is 1. The number of aldehydes is 1. The molecule has 0 aliphatic rings. The van der Waals surface area contributed by atoms with Crippen LogP contribution in [0.1, 0.15) is 46.4 Å². The second-order valence-electron chi connectivity index (χ2n) is 8.14. The maximum atomic E-state index is 13.7. The molecule has 0 aliphatic heterocycles. The van der Waals surface area contributed by atoms with E-state index in [0.717, 1.165) is 5.56 Å². The fourth-order valence-electron chi connectivity index (χ4n) is 4.06. The summed E-state index contributed by atoms with van der Waals surface area (Å²) in [4.78, 5) is 25.8. The van der Waals surface area contributed by atoms with Crippen molar-refractivity contribution in [2.75, 3.05) is 0 Å². The van der Waals surface area contributed by atoms with Crippen LogP contribution in [0.4, 0.5) is 8.78 Å². The zero-order valence-electron chi connectivity index (χ0n) is 18.8. The van der Waals surface area contributed by atoms with Gasteiger partial charge in [-0.3, -0.25) is 4.79 Å². The SMILES string of the molecule is CC(C)n1c(C=O)c(-c2ccc(F)cc2)c(-c2ccc(F)cc2)c1C(=O)OCc1ccccc1. The Balaban J connectivity index is 1.95. The summed E-state index contributed by atoms with van der Waals surface area (Å²) in [6, 6.07) is 20.3. The minimum Gasteiger partial charge on any atom is -0.456 e. The van der Waals surface area contributed by atoms with Crippen LogP contribution in [0.25, 0.3) is 22.3 Å². The summed E-state index contributed by atoms with van der Waals surface area (Å²) >= 11 is 0. The van der Waals surface area contributed by atoms with Crippen molar-refractivity contribution in [2.45, 2.75) is 26.5 Å². The minimum atomic E-state index is -0.617. The highest BCUT2D eigenvalue weighted by Gasteiger charge is 2.31. The van der Waals surface area contributed by atoms with Crippen LogP contribution >= 0.6 is 0 Å². The number of rotatable bonds is 7. The Morgan fingerprint density at radius 1 is 0.853 bits per heavy atom. The fourth-order valence-corrected chi connectivity index (χ4v) is 4.06. The normalized spacial score (nSPS) is 11.0. The second kappa shape index (κ2) is 9.83. The van der Waals surface area contributed by atoms with Crippen molar-refractivity contribution in [1.29, 1.82) is 0 Å². The number of halogens is 2. The number of carbonyl (C=O) groups excluding carboxylic acids is 2. The van der Waals surface area contributed by atoms with Crippen molar-refractivity contribution in [3.8, 4) is 22.3 Å². The number of nitrogens with zero attached hydrogens (tertiary/aromatic N) is 1. The van der Waals surface area contributed by atoms with Gasteiger partial charge in [-0.2, -0.15) is 0 Å². The van der Waals surface area contributed by atoms with Crippen LogP contribution < -0.4 is 0 Å². The molecule has 4 nitrogen and oxygen atoms in total. The molecule has 1 aromatic heterocycles. The van der Waals surface area contributed by atoms with Gasteiger partial charge in [0.05, 0.1) is 5.69 Å². The molecule has 1 heterocycles. The zero-order valence-corrected chi connectivity index (χ0v) is 18.8. The molecule has 0 amide bonds. The molecular weight excluding hydrogens is 436 g/mol. The Bertz CT molecular complexity index is 1310. The molecule has 34 heavy (non-hydrogen) atoms. The van der Waals surface area contributed by atoms with Gasteiger partial charge >= 0.3 is 5.97 Å². The third-order valence-electron chi connectivity index (χ3n) is 5.54. The van der Waals surface area contributed by atoms with Crippen LogP contribution in [0.15, 0.2) is 78.9 Å². The number of ether oxygens (including phenoxy) is 1. The molecule has 0 saturated heterocycles. The first-order valence-electron chi connectivity index (χ1n) is 10.9. The van der Waals surface area contributed by atoms with E-state index in [2.05, 4.69) is 0 Å². The molecule has 6 heteroatoms. The molecule has 4 rings (SSSR count). The summed E-state index contributed by atoms with van der Waals surface area (Å²) in [5.74, 6) is -1.47. The molecule has 4 aromatic rings. The Labute approximate surface area is 196 Å². The Hall–Kier alpha value is -4.06. The van der Waals surface area contributed by atoms with Crippen molar-refractivity contribution in [3.63, 3.8) is 0 Å². The Morgan fingerprint density at radius 3 is 1.88 bits per heavy atom. The molecule has 3 aromatic carbocycles. The summed E-state index contributed by atoms with van der Waals surface area (Å²) in [6.45, 7) is 3.75. The first-order chi connectivity index (χ1) is 16.4.